The van der Waals surface area contributed by atoms with Gasteiger partial charge in [0.1, 0.15) is 11.6 Å². The third kappa shape index (κ3) is 3.14. The van der Waals surface area contributed by atoms with E-state index >= 15 is 0 Å². The summed E-state index contributed by atoms with van der Waals surface area (Å²) in [6, 6.07) is 6.11. The number of fused-ring (bicyclic) bond motifs is 1. The molecule has 0 bridgehead atoms. The van der Waals surface area contributed by atoms with Crippen molar-refractivity contribution in [3.05, 3.63) is 59.7 Å². The number of carbonyl (C=O) groups is 1. The van der Waals surface area contributed by atoms with Crippen LogP contribution in [0.4, 0.5) is 16.0 Å². The van der Waals surface area contributed by atoms with E-state index < -0.39 is 5.82 Å². The molecule has 30 heavy (non-hydrogen) atoms. The number of rotatable bonds is 4. The van der Waals surface area contributed by atoms with Crippen molar-refractivity contribution in [2.45, 2.75) is 12.5 Å². The number of piperidine rings is 1. The lowest BCUT2D eigenvalue weighted by Gasteiger charge is -2.54. The van der Waals surface area contributed by atoms with Gasteiger partial charge in [-0.3, -0.25) is 4.79 Å². The van der Waals surface area contributed by atoms with Gasteiger partial charge in [0.05, 0.1) is 29.7 Å². The molecule has 3 aromatic rings. The lowest BCUT2D eigenvalue weighted by Crippen LogP contribution is -2.65. The zero-order valence-electron chi connectivity index (χ0n) is 16.4. The summed E-state index contributed by atoms with van der Waals surface area (Å²) >= 11 is 0. The largest absolute Gasteiger partial charge is 0.469 e. The zero-order valence-corrected chi connectivity index (χ0v) is 16.4. The minimum Gasteiger partial charge on any atom is -0.469 e. The molecular weight excluding hydrogens is 387 g/mol. The first-order chi connectivity index (χ1) is 14.6. The molecule has 0 unspecified atom stereocenters. The molecule has 9 nitrogen and oxygen atoms in total. The standard InChI is InChI=1S/C20H20FN8O/c1-22-18-9-19(24-12-23-18)28-10-13-4-7-27(11-17(13)28)20(30)15-8-14(21)2-3-16(15)29-25-5-6-26-29/h2-3,5-6,8-9,12-13,17H,4,7,10-11H2,1H3/q-1/t13-,17-/m0/s1. The van der Waals surface area contributed by atoms with Crippen LogP contribution in [0.3, 0.4) is 0 Å². The van der Waals surface area contributed by atoms with Crippen LogP contribution in [-0.2, 0) is 0 Å². The van der Waals surface area contributed by atoms with E-state index in [1.807, 2.05) is 6.07 Å². The molecule has 2 aromatic heterocycles. The molecule has 10 heteroatoms. The Bertz CT molecular complexity index is 1070. The Labute approximate surface area is 172 Å². The highest BCUT2D eigenvalue weighted by Gasteiger charge is 2.44. The van der Waals surface area contributed by atoms with Crippen LogP contribution in [-0.4, -0.2) is 68.5 Å². The molecule has 1 amide bonds. The van der Waals surface area contributed by atoms with Crippen molar-refractivity contribution < 1.29 is 9.18 Å². The second kappa shape index (κ2) is 7.36. The molecule has 0 spiro atoms. The molecule has 2 saturated heterocycles. The fourth-order valence-electron chi connectivity index (χ4n) is 4.23. The van der Waals surface area contributed by atoms with Gasteiger partial charge in [0, 0.05) is 31.9 Å². The van der Waals surface area contributed by atoms with Crippen molar-refractivity contribution in [3.8, 4) is 5.69 Å². The monoisotopic (exact) mass is 407 g/mol. The second-order valence-electron chi connectivity index (χ2n) is 7.46. The number of hydrogen-bond donors (Lipinski definition) is 0. The van der Waals surface area contributed by atoms with E-state index in [1.165, 1.54) is 41.7 Å². The maximum Gasteiger partial charge on any atom is 0.256 e. The van der Waals surface area contributed by atoms with Crippen molar-refractivity contribution in [1.29, 1.82) is 0 Å². The van der Waals surface area contributed by atoms with E-state index in [0.29, 0.717) is 30.5 Å². The predicted octanol–water partition coefficient (Wildman–Crippen LogP) is 2.18. The fraction of sp³-hybridized carbons (Fsp3) is 0.350. The third-order valence-electron chi connectivity index (χ3n) is 5.82. The smallest absolute Gasteiger partial charge is 0.256 e. The summed E-state index contributed by atoms with van der Waals surface area (Å²) in [4.78, 5) is 27.1. The van der Waals surface area contributed by atoms with Crippen LogP contribution in [0.25, 0.3) is 11.0 Å². The summed E-state index contributed by atoms with van der Waals surface area (Å²) < 4.78 is 14.0. The highest BCUT2D eigenvalue weighted by molar-refractivity contribution is 5.98. The average Bonchev–Trinajstić information content (AvgIpc) is 3.29. The lowest BCUT2D eigenvalue weighted by atomic mass is 9.82. The summed E-state index contributed by atoms with van der Waals surface area (Å²) in [5.41, 5.74) is 0.716. The predicted molar refractivity (Wildman–Crippen MR) is 107 cm³/mol. The first-order valence-electron chi connectivity index (χ1n) is 9.78. The van der Waals surface area contributed by atoms with Crippen molar-refractivity contribution >= 4 is 17.5 Å². The van der Waals surface area contributed by atoms with Crippen molar-refractivity contribution in [2.24, 2.45) is 5.92 Å². The number of amides is 1. The molecule has 4 heterocycles. The van der Waals surface area contributed by atoms with E-state index in [4.69, 9.17) is 0 Å². The lowest BCUT2D eigenvalue weighted by molar-refractivity contribution is 0.0590. The number of carbonyl (C=O) groups excluding carboxylic acids is 1. The van der Waals surface area contributed by atoms with Crippen LogP contribution in [0.2, 0.25) is 0 Å². The van der Waals surface area contributed by atoms with Crippen LogP contribution in [0.1, 0.15) is 16.8 Å². The Balaban J connectivity index is 1.39. The number of nitrogens with zero attached hydrogens (tertiary/aromatic N) is 8. The molecule has 2 fully saturated rings. The normalized spacial score (nSPS) is 20.5. The van der Waals surface area contributed by atoms with Crippen molar-refractivity contribution in [1.82, 2.24) is 29.9 Å². The first kappa shape index (κ1) is 18.5. The molecule has 0 aliphatic carbocycles. The summed E-state index contributed by atoms with van der Waals surface area (Å²) in [5, 5.41) is 12.3. The van der Waals surface area contributed by atoms with Gasteiger partial charge in [-0.05, 0) is 30.7 Å². The molecule has 2 aliphatic heterocycles. The molecule has 0 saturated carbocycles. The highest BCUT2D eigenvalue weighted by atomic mass is 19.1. The van der Waals surface area contributed by atoms with Crippen LogP contribution in [0, 0.1) is 11.7 Å². The Morgan fingerprint density at radius 3 is 2.80 bits per heavy atom. The van der Waals surface area contributed by atoms with Gasteiger partial charge in [-0.2, -0.15) is 15.0 Å². The Kier molecular flexibility index (Phi) is 4.53. The minimum absolute atomic E-state index is 0.169. The summed E-state index contributed by atoms with van der Waals surface area (Å²) in [6.07, 6.45) is 5.45. The van der Waals surface area contributed by atoms with Crippen LogP contribution >= 0.6 is 0 Å². The number of hydrogen-bond acceptors (Lipinski definition) is 6. The summed E-state index contributed by atoms with van der Waals surface area (Å²) in [6.45, 7) is 2.08. The number of aromatic nitrogens is 5. The Morgan fingerprint density at radius 2 is 2.00 bits per heavy atom. The summed E-state index contributed by atoms with van der Waals surface area (Å²) in [7, 11) is 1.69. The van der Waals surface area contributed by atoms with Crippen LogP contribution in [0.15, 0.2) is 43.0 Å². The van der Waals surface area contributed by atoms with Gasteiger partial charge in [0.25, 0.3) is 5.91 Å². The van der Waals surface area contributed by atoms with Gasteiger partial charge >= 0.3 is 0 Å². The van der Waals surface area contributed by atoms with Crippen LogP contribution in [0.5, 0.6) is 0 Å². The van der Waals surface area contributed by atoms with E-state index in [2.05, 4.69) is 30.4 Å². The molecule has 2 aliphatic rings. The number of benzene rings is 1. The van der Waals surface area contributed by atoms with Crippen molar-refractivity contribution in [3.63, 3.8) is 0 Å². The van der Waals surface area contributed by atoms with E-state index in [-0.39, 0.29) is 17.5 Å². The third-order valence-corrected chi connectivity index (χ3v) is 5.82. The highest BCUT2D eigenvalue weighted by Crippen LogP contribution is 2.37. The maximum absolute atomic E-state index is 14.0. The number of anilines is 1. The molecular formula is C20H20FN8O-. The minimum atomic E-state index is -0.466. The quantitative estimate of drug-likeness (QED) is 0.658. The molecule has 5 rings (SSSR count). The molecule has 154 valence electrons. The van der Waals surface area contributed by atoms with E-state index in [0.717, 1.165) is 18.8 Å². The van der Waals surface area contributed by atoms with Gasteiger partial charge in [0.15, 0.2) is 0 Å². The number of halogens is 1. The topological polar surface area (TPSA) is 94.1 Å². The maximum atomic E-state index is 14.0. The number of likely N-dealkylation sites (tertiary alicyclic amines) is 1. The van der Waals surface area contributed by atoms with E-state index in [9.17, 15) is 9.18 Å². The van der Waals surface area contributed by atoms with Gasteiger partial charge < -0.3 is 20.1 Å². The van der Waals surface area contributed by atoms with Gasteiger partial charge in [-0.15, -0.1) is 0 Å². The molecule has 2 atom stereocenters. The molecule has 1 aromatic carbocycles. The SMILES string of the molecule is C[N-]c1cc(N2C[C@@H]3CCN(C(=O)c4cc(F)ccc4-n4nccn4)C[C@@H]32)ncn1. The van der Waals surface area contributed by atoms with Gasteiger partial charge in [0.2, 0.25) is 0 Å². The summed E-state index contributed by atoms with van der Waals surface area (Å²) in [5.74, 6) is 1.26. The van der Waals surface area contributed by atoms with Crippen molar-refractivity contribution in [2.75, 3.05) is 31.6 Å². The van der Waals surface area contributed by atoms with Gasteiger partial charge in [-0.25, -0.2) is 9.37 Å². The van der Waals surface area contributed by atoms with Crippen LogP contribution < -0.4 is 4.90 Å². The fourth-order valence-corrected chi connectivity index (χ4v) is 4.23. The van der Waals surface area contributed by atoms with E-state index in [1.54, 1.807) is 11.9 Å². The average molecular weight is 407 g/mol. The zero-order chi connectivity index (χ0) is 20.7. The first-order valence-corrected chi connectivity index (χ1v) is 9.78. The molecule has 0 N–H and O–H groups in total. The Morgan fingerprint density at radius 1 is 1.17 bits per heavy atom. The van der Waals surface area contributed by atoms with Gasteiger partial charge in [-0.1, -0.05) is 12.9 Å². The molecule has 0 radical (unpaired) electrons. The second-order valence-corrected chi connectivity index (χ2v) is 7.46. The Hall–Kier alpha value is -3.56.